The Morgan fingerprint density at radius 2 is 1.27 bits per heavy atom. The Morgan fingerprint density at radius 1 is 0.698 bits per heavy atom. The fourth-order valence-corrected chi connectivity index (χ4v) is 12.9. The summed E-state index contributed by atoms with van der Waals surface area (Å²) >= 11 is 14.1. The quantitative estimate of drug-likeness (QED) is 0.0567. The Balaban J connectivity index is 0.00000403. The highest BCUT2D eigenvalue weighted by Crippen LogP contribution is 2.50. The number of rotatable bonds is 13. The number of benzene rings is 5. The molecule has 37 nitrogen and oxygen atoms in total. The lowest BCUT2D eigenvalue weighted by molar-refractivity contribution is -0.333. The van der Waals surface area contributed by atoms with Crippen LogP contribution in [-0.4, -0.2) is 213 Å². The minimum absolute atomic E-state index is 0. The fourth-order valence-electron chi connectivity index (χ4n) is 12.5. The van der Waals surface area contributed by atoms with Crippen LogP contribution in [0.15, 0.2) is 78.9 Å². The second-order valence-electron chi connectivity index (χ2n) is 25.7. The van der Waals surface area contributed by atoms with Crippen LogP contribution in [0.3, 0.4) is 0 Å². The number of aliphatic hydroxyl groups is 6. The van der Waals surface area contributed by atoms with Gasteiger partial charge in [-0.05, 0) is 110 Å². The summed E-state index contributed by atoms with van der Waals surface area (Å²) in [5.74, 6) is -16.0. The zero-order valence-electron chi connectivity index (χ0n) is 56.7. The van der Waals surface area contributed by atoms with E-state index in [0.717, 1.165) is 66.7 Å². The standard InChI is InChI=1S/C66H75Cl2N9O24.ClH.4H2O/c1-23(2)12-34(71-5)58(88)76-49-51(83)26-7-10-38(32(67)14-26)97-40-16-28-17-41(55(40)101-65-56(54(86)53(85)42(22-78)99-65)100-44-21-66(4,70)57(87)24(3)96-44)98-39-11-8-27(15-33(39)68)52(84)50-63(93)75-48(64(94)95)31-18-29(79)19-37(81)45(31)30-13-25(6-9-36(30)80)46(60(90)77-50)74-61(91)47(28)73-59(89)35(20-43(69)82)72-62(49)92;;;;;/h6-11,13-19,23-24,34-35,42,44,46-54,56-57,65,71,78-81,83-87H,12,20-22,70H2,1-5H3,(H2,69,82)(H,72,92)(H,73,89)(H,74,91)(H,75,93)(H,76,88)(H,77,90)(H,94,95);1H;4*1H2/t24-,34+,35-,42+,44-,46+,47+,48+,49+,50-,51+,52+,53+,54-,56+,57?,65-,66-;;;;;/m0...../s1. The molecule has 5 aromatic rings. The second kappa shape index (κ2) is 35.6. The summed E-state index contributed by atoms with van der Waals surface area (Å²) < 4.78 is 38.3. The molecule has 7 heterocycles. The van der Waals surface area contributed by atoms with E-state index in [-0.39, 0.29) is 80.5 Å². The molecule has 0 radical (unpaired) electrons. The number of ether oxygens (including phenoxy) is 6. The number of aromatic hydroxyl groups is 3. The summed E-state index contributed by atoms with van der Waals surface area (Å²) in [5, 5.41) is 131. The summed E-state index contributed by atoms with van der Waals surface area (Å²) in [4.78, 5) is 117. The number of carboxylic acid groups (broad SMARTS) is 1. The predicted octanol–water partition coefficient (Wildman–Crippen LogP) is -2.77. The third kappa shape index (κ3) is 18.5. The monoisotopic (exact) mass is 1560 g/mol. The maximum atomic E-state index is 16.0. The Kier molecular flexibility index (Phi) is 29.4. The molecule has 582 valence electrons. The normalized spacial score (nSPS) is 28.0. The Labute approximate surface area is 618 Å². The molecule has 7 aliphatic heterocycles. The number of nitrogens with one attached hydrogen (secondary N) is 7. The number of phenolic OH excluding ortho intramolecular Hbond substituents is 3. The van der Waals surface area contributed by atoms with Crippen LogP contribution in [0.1, 0.15) is 105 Å². The van der Waals surface area contributed by atoms with Gasteiger partial charge in [0.15, 0.2) is 29.9 Å². The molecular weight excluding hydrogens is 1470 g/mol. The number of carbonyl (C=O) groups is 8. The number of amides is 7. The summed E-state index contributed by atoms with van der Waals surface area (Å²) in [7, 11) is 1.47. The van der Waals surface area contributed by atoms with E-state index in [1.165, 1.54) is 33.0 Å². The first-order valence-corrected chi connectivity index (χ1v) is 32.4. The number of primary amides is 1. The highest BCUT2D eigenvalue weighted by Gasteiger charge is 2.51. The Bertz CT molecular complexity index is 4090. The van der Waals surface area contributed by atoms with Crippen molar-refractivity contribution in [2.45, 2.75) is 156 Å². The fraction of sp³-hybridized carbons (Fsp3) is 0.424. The molecule has 12 rings (SSSR count). The third-order valence-electron chi connectivity index (χ3n) is 17.8. The zero-order chi connectivity index (χ0) is 73.5. The van der Waals surface area contributed by atoms with Gasteiger partial charge in [0.05, 0.1) is 41.3 Å². The van der Waals surface area contributed by atoms with Gasteiger partial charge in [-0.3, -0.25) is 33.6 Å². The van der Waals surface area contributed by atoms with Crippen LogP contribution < -0.4 is 62.9 Å². The minimum atomic E-state index is -2.35. The molecule has 2 saturated heterocycles. The minimum Gasteiger partial charge on any atom is -0.508 e. The molecule has 0 aromatic heterocycles. The molecule has 106 heavy (non-hydrogen) atoms. The molecule has 18 atom stereocenters. The van der Waals surface area contributed by atoms with Gasteiger partial charge >= 0.3 is 5.97 Å². The molecule has 40 heteroatoms. The predicted molar refractivity (Wildman–Crippen MR) is 371 cm³/mol. The van der Waals surface area contributed by atoms with Crippen LogP contribution in [0.25, 0.3) is 11.1 Å². The average Bonchev–Trinajstić information content (AvgIpc) is 0.769. The van der Waals surface area contributed by atoms with E-state index in [9.17, 15) is 75.0 Å². The van der Waals surface area contributed by atoms with E-state index in [4.69, 9.17) is 63.1 Å². The molecule has 5 aromatic carbocycles. The summed E-state index contributed by atoms with van der Waals surface area (Å²) in [6.07, 6.45) is -18.6. The molecule has 2 fully saturated rings. The molecule has 29 N–H and O–H groups in total. The van der Waals surface area contributed by atoms with Crippen molar-refractivity contribution in [1.82, 2.24) is 37.2 Å². The number of aliphatic hydroxyl groups excluding tert-OH is 6. The van der Waals surface area contributed by atoms with E-state index in [0.29, 0.717) is 0 Å². The highest BCUT2D eigenvalue weighted by molar-refractivity contribution is 6.32. The lowest BCUT2D eigenvalue weighted by atomic mass is 9.86. The SMILES string of the molecule is CN[C@H](CC(C)C)C(=O)N[C@H]1C(=O)N[C@@H](CC(N)=O)C(=O)N[C@H]2C(=O)N[C@H]3C(=O)N[C@H](C(=O)N[C@@H](C(=O)O)c4cc(O)cc(O)c4-c4cc3ccc4O)[C@H](O)c3ccc(c(Cl)c3)Oc3cc2cc(c3O[C@@H]2O[C@H](CO)[C@@H](O)[C@H](O)[C@H]2O[C@H]2C[C@](C)(N)C(O)[C@H](C)O2)Oc2ccc(cc2Cl)[C@H]1O.Cl.O.O.O.O. The smallest absolute Gasteiger partial charge is 0.330 e. The largest absolute Gasteiger partial charge is 0.508 e. The number of carboxylic acids is 1. The number of carbonyl (C=O) groups excluding carboxylic acids is 7. The number of hydrogen-bond acceptors (Lipinski definition) is 25. The number of nitrogens with two attached hydrogens (primary N) is 2. The molecule has 0 spiro atoms. The lowest BCUT2D eigenvalue weighted by Gasteiger charge is -2.47. The van der Waals surface area contributed by atoms with Crippen molar-refractivity contribution in [2.24, 2.45) is 17.4 Å². The van der Waals surface area contributed by atoms with Crippen molar-refractivity contribution in [3.05, 3.63) is 117 Å². The van der Waals surface area contributed by atoms with Gasteiger partial charge in [0.25, 0.3) is 0 Å². The topological polar surface area (TPSA) is 656 Å². The van der Waals surface area contributed by atoms with E-state index >= 15 is 14.4 Å². The lowest BCUT2D eigenvalue weighted by Crippen LogP contribution is -2.64. The number of aliphatic carboxylic acids is 1. The van der Waals surface area contributed by atoms with Crippen LogP contribution in [-0.2, 0) is 52.6 Å². The molecule has 1 unspecified atom stereocenters. The molecule has 7 aliphatic rings. The van der Waals surface area contributed by atoms with Crippen LogP contribution in [0.2, 0.25) is 10.0 Å². The van der Waals surface area contributed by atoms with Crippen molar-refractivity contribution in [1.29, 1.82) is 0 Å². The maximum absolute atomic E-state index is 16.0. The zero-order valence-corrected chi connectivity index (χ0v) is 59.1. The van der Waals surface area contributed by atoms with Gasteiger partial charge in [0.1, 0.15) is 89.5 Å². The molecule has 0 aliphatic carbocycles. The average molecular weight is 1560 g/mol. The summed E-state index contributed by atoms with van der Waals surface area (Å²) in [6.45, 7) is 5.66. The van der Waals surface area contributed by atoms with Crippen molar-refractivity contribution in [3.63, 3.8) is 0 Å². The number of phenols is 3. The van der Waals surface area contributed by atoms with Crippen LogP contribution in [0.5, 0.6) is 46.0 Å². The molecule has 0 saturated carbocycles. The molecule has 11 bridgehead atoms. The van der Waals surface area contributed by atoms with Crippen molar-refractivity contribution in [2.75, 3.05) is 13.7 Å². The van der Waals surface area contributed by atoms with E-state index in [1.807, 2.05) is 13.8 Å². The first kappa shape index (κ1) is 87.6. The number of halogens is 3. The Hall–Kier alpha value is -9.07. The highest BCUT2D eigenvalue weighted by atomic mass is 35.5. The van der Waals surface area contributed by atoms with Gasteiger partial charge < -0.3 is 150 Å². The van der Waals surface area contributed by atoms with Crippen molar-refractivity contribution < 1.29 is 140 Å². The molecule has 7 amide bonds. The van der Waals surface area contributed by atoms with Gasteiger partial charge in [-0.1, -0.05) is 55.2 Å². The molecular formula is C66H84Cl3N9O28. The van der Waals surface area contributed by atoms with Gasteiger partial charge in [0, 0.05) is 34.7 Å². The maximum Gasteiger partial charge on any atom is 0.330 e. The van der Waals surface area contributed by atoms with Gasteiger partial charge in [0.2, 0.25) is 53.4 Å². The first-order chi connectivity index (χ1) is 47.7. The third-order valence-corrected chi connectivity index (χ3v) is 18.4. The number of likely N-dealkylation sites (N-methyl/N-ethyl adjacent to an activating group) is 1. The van der Waals surface area contributed by atoms with E-state index in [1.54, 1.807) is 0 Å². The van der Waals surface area contributed by atoms with Crippen LogP contribution in [0.4, 0.5) is 0 Å². The number of hydrogen-bond donors (Lipinski definition) is 19. The number of fused-ring (bicyclic) bond motifs is 15. The van der Waals surface area contributed by atoms with Gasteiger partial charge in [-0.15, -0.1) is 12.4 Å². The van der Waals surface area contributed by atoms with E-state index in [2.05, 4.69) is 37.2 Å². The Morgan fingerprint density at radius 3 is 1.83 bits per heavy atom. The van der Waals surface area contributed by atoms with Gasteiger partial charge in [-0.2, -0.15) is 0 Å². The second-order valence-corrected chi connectivity index (χ2v) is 26.5. The van der Waals surface area contributed by atoms with E-state index < -0.39 is 237 Å². The summed E-state index contributed by atoms with van der Waals surface area (Å²) in [6, 6.07) is -0.679. The van der Waals surface area contributed by atoms with Crippen molar-refractivity contribution in [3.8, 4) is 57.1 Å². The first-order valence-electron chi connectivity index (χ1n) is 31.6. The van der Waals surface area contributed by atoms with Crippen LogP contribution >= 0.6 is 35.6 Å². The van der Waals surface area contributed by atoms with Crippen LogP contribution in [0, 0.1) is 5.92 Å². The van der Waals surface area contributed by atoms with Gasteiger partial charge in [-0.25, -0.2) is 4.79 Å². The van der Waals surface area contributed by atoms with Crippen molar-refractivity contribution >= 4 is 82.9 Å². The summed E-state index contributed by atoms with van der Waals surface area (Å²) in [5.41, 5.74) is 8.00.